The largest absolute Gasteiger partial charge is 0.360 e. The summed E-state index contributed by atoms with van der Waals surface area (Å²) in [4.78, 5) is 34.6. The minimum absolute atomic E-state index is 0.0126. The molecule has 0 aliphatic carbocycles. The molecule has 1 fully saturated rings. The van der Waals surface area contributed by atoms with Crippen LogP contribution in [0.2, 0.25) is 0 Å². The Balaban J connectivity index is 1.33. The van der Waals surface area contributed by atoms with E-state index in [9.17, 15) is 9.59 Å². The third kappa shape index (κ3) is 5.05. The predicted octanol–water partition coefficient (Wildman–Crippen LogP) is 3.37. The van der Waals surface area contributed by atoms with E-state index in [2.05, 4.69) is 46.6 Å². The summed E-state index contributed by atoms with van der Waals surface area (Å²) >= 11 is 1.45. The van der Waals surface area contributed by atoms with Gasteiger partial charge < -0.3 is 14.7 Å². The van der Waals surface area contributed by atoms with Gasteiger partial charge in [-0.15, -0.1) is 11.3 Å². The molecule has 0 unspecified atom stereocenters. The number of anilines is 1. The summed E-state index contributed by atoms with van der Waals surface area (Å²) in [6, 6.07) is 10.0. The fourth-order valence-electron chi connectivity index (χ4n) is 3.66. The molecule has 1 aliphatic heterocycles. The molecule has 1 N–H and O–H groups in total. The van der Waals surface area contributed by atoms with Gasteiger partial charge in [-0.3, -0.25) is 14.5 Å². The predicted molar refractivity (Wildman–Crippen MR) is 124 cm³/mol. The first-order chi connectivity index (χ1) is 15.4. The van der Waals surface area contributed by atoms with Gasteiger partial charge in [0.1, 0.15) is 15.6 Å². The summed E-state index contributed by atoms with van der Waals surface area (Å²) in [5.74, 6) is 0.933. The SMILES string of the molecule is CCc1ccc(-c2nc(C)c(C(=O)N3CCN(CC(=O)Nc4cc(C)on4)CC3)s2)cc1. The highest BCUT2D eigenvalue weighted by Crippen LogP contribution is 2.29. The summed E-state index contributed by atoms with van der Waals surface area (Å²) in [6.45, 7) is 8.48. The molecule has 1 saturated heterocycles. The molecule has 0 bridgehead atoms. The molecule has 0 spiro atoms. The average Bonchev–Trinajstić information content (AvgIpc) is 3.38. The monoisotopic (exact) mass is 453 g/mol. The molecule has 2 aromatic heterocycles. The van der Waals surface area contributed by atoms with Crippen molar-refractivity contribution in [3.8, 4) is 10.6 Å². The van der Waals surface area contributed by atoms with E-state index in [4.69, 9.17) is 4.52 Å². The van der Waals surface area contributed by atoms with Gasteiger partial charge in [-0.2, -0.15) is 0 Å². The number of piperazine rings is 1. The van der Waals surface area contributed by atoms with Crippen molar-refractivity contribution >= 4 is 29.0 Å². The summed E-state index contributed by atoms with van der Waals surface area (Å²) in [7, 11) is 0. The molecule has 1 aliphatic rings. The lowest BCUT2D eigenvalue weighted by Crippen LogP contribution is -2.50. The summed E-state index contributed by atoms with van der Waals surface area (Å²) in [5.41, 5.74) is 3.08. The number of benzene rings is 1. The second-order valence-corrected chi connectivity index (χ2v) is 8.92. The minimum Gasteiger partial charge on any atom is -0.360 e. The molecule has 32 heavy (non-hydrogen) atoms. The van der Waals surface area contributed by atoms with E-state index in [1.54, 1.807) is 13.0 Å². The topological polar surface area (TPSA) is 91.6 Å². The quantitative estimate of drug-likeness (QED) is 0.615. The standard InChI is InChI=1S/C23H27N5O3S/c1-4-17-5-7-18(8-6-17)22-24-16(3)21(32-22)23(30)28-11-9-27(10-12-28)14-20(29)25-19-13-15(2)31-26-19/h5-8,13H,4,9-12,14H2,1-3H3,(H,25,26,29). The van der Waals surface area contributed by atoms with Gasteiger partial charge in [0.25, 0.3) is 5.91 Å². The molecule has 8 nitrogen and oxygen atoms in total. The molecule has 4 rings (SSSR count). The van der Waals surface area contributed by atoms with Crippen molar-refractivity contribution in [2.24, 2.45) is 0 Å². The van der Waals surface area contributed by atoms with Gasteiger partial charge in [0.15, 0.2) is 5.82 Å². The lowest BCUT2D eigenvalue weighted by molar-refractivity contribution is -0.117. The average molecular weight is 454 g/mol. The maximum Gasteiger partial charge on any atom is 0.265 e. The van der Waals surface area contributed by atoms with Crippen LogP contribution in [0.25, 0.3) is 10.6 Å². The lowest BCUT2D eigenvalue weighted by Gasteiger charge is -2.34. The van der Waals surface area contributed by atoms with Crippen LogP contribution in [-0.2, 0) is 11.2 Å². The molecular formula is C23H27N5O3S. The molecule has 3 aromatic rings. The highest BCUT2D eigenvalue weighted by atomic mass is 32.1. The molecule has 0 radical (unpaired) electrons. The summed E-state index contributed by atoms with van der Waals surface area (Å²) in [6.07, 6.45) is 0.994. The first-order valence-electron chi connectivity index (χ1n) is 10.7. The lowest BCUT2D eigenvalue weighted by atomic mass is 10.1. The molecule has 3 heterocycles. The number of nitrogens with zero attached hydrogens (tertiary/aromatic N) is 4. The molecular weight excluding hydrogens is 426 g/mol. The zero-order chi connectivity index (χ0) is 22.7. The van der Waals surface area contributed by atoms with Gasteiger partial charge in [-0.1, -0.05) is 36.3 Å². The Labute approximate surface area is 191 Å². The first kappa shape index (κ1) is 22.2. The fraction of sp³-hybridized carbons (Fsp3) is 0.391. The van der Waals surface area contributed by atoms with E-state index < -0.39 is 0 Å². The van der Waals surface area contributed by atoms with Crippen molar-refractivity contribution in [2.75, 3.05) is 38.0 Å². The van der Waals surface area contributed by atoms with Gasteiger partial charge in [0, 0.05) is 37.8 Å². The third-order valence-corrected chi connectivity index (χ3v) is 6.72. The van der Waals surface area contributed by atoms with Crippen LogP contribution in [0, 0.1) is 13.8 Å². The van der Waals surface area contributed by atoms with Crippen molar-refractivity contribution in [2.45, 2.75) is 27.2 Å². The van der Waals surface area contributed by atoms with E-state index in [-0.39, 0.29) is 18.4 Å². The van der Waals surface area contributed by atoms with Crippen molar-refractivity contribution in [3.05, 3.63) is 52.2 Å². The molecule has 1 aromatic carbocycles. The number of nitrogens with one attached hydrogen (secondary N) is 1. The number of aromatic nitrogens is 2. The Bertz CT molecular complexity index is 1100. The van der Waals surface area contributed by atoms with Gasteiger partial charge in [0.05, 0.1) is 12.2 Å². The highest BCUT2D eigenvalue weighted by Gasteiger charge is 2.26. The van der Waals surface area contributed by atoms with E-state index in [1.165, 1.54) is 16.9 Å². The van der Waals surface area contributed by atoms with Crippen LogP contribution < -0.4 is 5.32 Å². The maximum atomic E-state index is 13.1. The molecule has 168 valence electrons. The second-order valence-electron chi connectivity index (χ2n) is 7.92. The number of aryl methyl sites for hydroxylation is 3. The zero-order valence-electron chi connectivity index (χ0n) is 18.6. The van der Waals surface area contributed by atoms with Crippen molar-refractivity contribution in [1.29, 1.82) is 0 Å². The van der Waals surface area contributed by atoms with Crippen LogP contribution in [0.4, 0.5) is 5.82 Å². The third-order valence-electron chi connectivity index (χ3n) is 5.52. The number of carbonyl (C=O) groups is 2. The Hall–Kier alpha value is -3.04. The van der Waals surface area contributed by atoms with E-state index in [0.29, 0.717) is 42.6 Å². The molecule has 9 heteroatoms. The number of hydrogen-bond acceptors (Lipinski definition) is 7. The van der Waals surface area contributed by atoms with E-state index in [1.807, 2.05) is 16.7 Å². The van der Waals surface area contributed by atoms with Crippen molar-refractivity contribution < 1.29 is 14.1 Å². The molecule has 0 atom stereocenters. The van der Waals surface area contributed by atoms with Crippen LogP contribution in [0.3, 0.4) is 0 Å². The normalized spacial score (nSPS) is 14.5. The fourth-order valence-corrected chi connectivity index (χ4v) is 4.70. The van der Waals surface area contributed by atoms with E-state index in [0.717, 1.165) is 22.7 Å². The number of hydrogen-bond donors (Lipinski definition) is 1. The summed E-state index contributed by atoms with van der Waals surface area (Å²) in [5, 5.41) is 7.37. The highest BCUT2D eigenvalue weighted by molar-refractivity contribution is 7.17. The number of carbonyl (C=O) groups excluding carboxylic acids is 2. The summed E-state index contributed by atoms with van der Waals surface area (Å²) < 4.78 is 4.96. The van der Waals surface area contributed by atoms with Gasteiger partial charge in [-0.05, 0) is 25.8 Å². The van der Waals surface area contributed by atoms with Crippen molar-refractivity contribution in [1.82, 2.24) is 19.9 Å². The van der Waals surface area contributed by atoms with Gasteiger partial charge in [0.2, 0.25) is 5.91 Å². The molecule has 0 saturated carbocycles. The number of amides is 2. The minimum atomic E-state index is -0.143. The Morgan fingerprint density at radius 1 is 1.12 bits per heavy atom. The number of thiazole rings is 1. The van der Waals surface area contributed by atoms with Gasteiger partial charge in [-0.25, -0.2) is 4.98 Å². The zero-order valence-corrected chi connectivity index (χ0v) is 19.4. The van der Waals surface area contributed by atoms with Crippen LogP contribution in [0.5, 0.6) is 0 Å². The number of rotatable bonds is 6. The Morgan fingerprint density at radius 3 is 2.47 bits per heavy atom. The van der Waals surface area contributed by atoms with Crippen LogP contribution >= 0.6 is 11.3 Å². The molecule has 2 amide bonds. The second kappa shape index (κ2) is 9.62. The van der Waals surface area contributed by atoms with E-state index >= 15 is 0 Å². The van der Waals surface area contributed by atoms with Gasteiger partial charge >= 0.3 is 0 Å². The first-order valence-corrected chi connectivity index (χ1v) is 11.6. The Kier molecular flexibility index (Phi) is 6.66. The van der Waals surface area contributed by atoms with Crippen LogP contribution in [-0.4, -0.2) is 64.5 Å². The maximum absolute atomic E-state index is 13.1. The smallest absolute Gasteiger partial charge is 0.265 e. The van der Waals surface area contributed by atoms with Crippen LogP contribution in [0.15, 0.2) is 34.9 Å². The van der Waals surface area contributed by atoms with Crippen LogP contribution in [0.1, 0.15) is 33.6 Å². The Morgan fingerprint density at radius 2 is 1.84 bits per heavy atom. The van der Waals surface area contributed by atoms with Crippen molar-refractivity contribution in [3.63, 3.8) is 0 Å².